The number of hydrogen-bond acceptors (Lipinski definition) is 6. The minimum absolute atomic E-state index is 0.0565. The van der Waals surface area contributed by atoms with Crippen LogP contribution >= 0.6 is 0 Å². The number of nitrogens with zero attached hydrogens (tertiary/aromatic N) is 2. The highest BCUT2D eigenvalue weighted by Gasteiger charge is 2.32. The Bertz CT molecular complexity index is 1640. The summed E-state index contributed by atoms with van der Waals surface area (Å²) in [5.74, 6) is -0.522. The Morgan fingerprint density at radius 3 is 2.58 bits per heavy atom. The first-order valence-electron chi connectivity index (χ1n) is 11.7. The number of aromatic nitrogens is 3. The number of fused-ring (bicyclic) bond motifs is 3. The predicted molar refractivity (Wildman–Crippen MR) is 134 cm³/mol. The molecule has 36 heavy (non-hydrogen) atoms. The molecule has 0 aliphatic heterocycles. The van der Waals surface area contributed by atoms with Crippen molar-refractivity contribution < 1.29 is 17.9 Å². The molecular weight excluding hydrogens is 478 g/mol. The van der Waals surface area contributed by atoms with Crippen molar-refractivity contribution in [2.45, 2.75) is 43.0 Å². The molecule has 0 radical (unpaired) electrons. The van der Waals surface area contributed by atoms with Crippen LogP contribution in [0.3, 0.4) is 0 Å². The van der Waals surface area contributed by atoms with Crippen LogP contribution < -0.4 is 5.56 Å². The van der Waals surface area contributed by atoms with E-state index < -0.39 is 21.4 Å². The van der Waals surface area contributed by atoms with Gasteiger partial charge in [-0.15, -0.1) is 0 Å². The van der Waals surface area contributed by atoms with Gasteiger partial charge in [0.05, 0.1) is 29.4 Å². The van der Waals surface area contributed by atoms with Gasteiger partial charge in [-0.1, -0.05) is 48.0 Å². The molecule has 2 aromatic heterocycles. The van der Waals surface area contributed by atoms with Crippen LogP contribution in [0.2, 0.25) is 0 Å². The highest BCUT2D eigenvalue weighted by Crippen LogP contribution is 2.35. The normalized spacial score (nSPS) is 12.6. The highest BCUT2D eigenvalue weighted by atomic mass is 32.2. The minimum Gasteiger partial charge on any atom is -0.461 e. The number of H-pyrrole nitrogens is 1. The zero-order valence-corrected chi connectivity index (χ0v) is 20.8. The van der Waals surface area contributed by atoms with Crippen LogP contribution in [0.5, 0.6) is 0 Å². The number of esters is 1. The SMILES string of the molecule is CCOC(=O)c1nn(Cc2cccc(C)c2)c2c1CCc1cc(S(=O)(=O)c3ccccc3)c(=O)[nH]c1-2. The number of carbonyl (C=O) groups excluding carboxylic acids is 1. The number of benzene rings is 2. The van der Waals surface area contributed by atoms with Gasteiger partial charge < -0.3 is 9.72 Å². The third-order valence-electron chi connectivity index (χ3n) is 6.25. The molecule has 0 spiro atoms. The predicted octanol–water partition coefficient (Wildman–Crippen LogP) is 3.70. The molecule has 0 bridgehead atoms. The molecule has 9 heteroatoms. The number of carbonyl (C=O) groups is 1. The van der Waals surface area contributed by atoms with E-state index in [0.29, 0.717) is 41.9 Å². The molecule has 1 aliphatic carbocycles. The lowest BCUT2D eigenvalue weighted by molar-refractivity contribution is 0.0517. The molecule has 1 aliphatic rings. The Balaban J connectivity index is 1.67. The number of pyridine rings is 1. The third-order valence-corrected chi connectivity index (χ3v) is 8.02. The lowest BCUT2D eigenvalue weighted by Crippen LogP contribution is -2.22. The van der Waals surface area contributed by atoms with Crippen molar-refractivity contribution in [2.75, 3.05) is 6.61 Å². The van der Waals surface area contributed by atoms with E-state index in [0.717, 1.165) is 11.1 Å². The van der Waals surface area contributed by atoms with Gasteiger partial charge >= 0.3 is 5.97 Å². The zero-order valence-electron chi connectivity index (χ0n) is 19.9. The van der Waals surface area contributed by atoms with E-state index in [9.17, 15) is 18.0 Å². The second-order valence-corrected chi connectivity index (χ2v) is 10.6. The van der Waals surface area contributed by atoms with Crippen molar-refractivity contribution in [3.63, 3.8) is 0 Å². The quantitative estimate of drug-likeness (QED) is 0.402. The maximum Gasteiger partial charge on any atom is 0.359 e. The average molecular weight is 504 g/mol. The summed E-state index contributed by atoms with van der Waals surface area (Å²) in [5.41, 5.74) is 4.00. The zero-order chi connectivity index (χ0) is 25.4. The molecule has 0 saturated heterocycles. The Morgan fingerprint density at radius 2 is 1.86 bits per heavy atom. The summed E-state index contributed by atoms with van der Waals surface area (Å²) in [5, 5.41) is 4.58. The average Bonchev–Trinajstić information content (AvgIpc) is 3.23. The van der Waals surface area contributed by atoms with E-state index in [1.165, 1.54) is 18.2 Å². The Hall–Kier alpha value is -3.98. The van der Waals surface area contributed by atoms with Crippen molar-refractivity contribution in [3.8, 4) is 11.4 Å². The molecule has 1 N–H and O–H groups in total. The first-order valence-corrected chi connectivity index (χ1v) is 13.2. The fourth-order valence-corrected chi connectivity index (χ4v) is 5.98. The monoisotopic (exact) mass is 503 g/mol. The number of sulfone groups is 1. The van der Waals surface area contributed by atoms with Gasteiger partial charge in [0.1, 0.15) is 4.90 Å². The summed E-state index contributed by atoms with van der Waals surface area (Å²) in [6.45, 7) is 4.31. The van der Waals surface area contributed by atoms with Crippen molar-refractivity contribution in [1.29, 1.82) is 0 Å². The van der Waals surface area contributed by atoms with Gasteiger partial charge in [0, 0.05) is 5.56 Å². The Morgan fingerprint density at radius 1 is 1.08 bits per heavy atom. The molecule has 2 aromatic carbocycles. The standard InChI is InChI=1S/C27H25N3O5S/c1-3-35-27(32)24-21-13-12-19-15-22(36(33,34)20-10-5-4-6-11-20)26(31)28-23(19)25(21)30(29-24)16-18-9-7-8-17(2)14-18/h4-11,14-15H,3,12-13,16H2,1-2H3,(H,28,31). The van der Waals surface area contributed by atoms with Gasteiger partial charge in [0.2, 0.25) is 9.84 Å². The summed E-state index contributed by atoms with van der Waals surface area (Å²) < 4.78 is 33.3. The summed E-state index contributed by atoms with van der Waals surface area (Å²) in [6.07, 6.45) is 0.903. The van der Waals surface area contributed by atoms with Gasteiger partial charge in [-0.05, 0) is 56.0 Å². The smallest absolute Gasteiger partial charge is 0.359 e. The number of aryl methyl sites for hydroxylation is 2. The molecule has 2 heterocycles. The van der Waals surface area contributed by atoms with Crippen LogP contribution in [0.15, 0.2) is 75.2 Å². The number of aromatic amines is 1. The number of hydrogen-bond donors (Lipinski definition) is 1. The van der Waals surface area contributed by atoms with Crippen LogP contribution in [-0.4, -0.2) is 35.8 Å². The largest absolute Gasteiger partial charge is 0.461 e. The van der Waals surface area contributed by atoms with E-state index in [2.05, 4.69) is 10.1 Å². The molecule has 184 valence electrons. The van der Waals surface area contributed by atoms with Crippen LogP contribution in [0.25, 0.3) is 11.4 Å². The molecule has 8 nitrogen and oxygen atoms in total. The van der Waals surface area contributed by atoms with Gasteiger partial charge in [-0.3, -0.25) is 9.48 Å². The van der Waals surface area contributed by atoms with Crippen LogP contribution in [0, 0.1) is 6.92 Å². The Kier molecular flexibility index (Phi) is 6.09. The maximum atomic E-state index is 13.2. The first-order chi connectivity index (χ1) is 17.3. The van der Waals surface area contributed by atoms with E-state index in [1.54, 1.807) is 29.8 Å². The second kappa shape index (κ2) is 9.23. The summed E-state index contributed by atoms with van der Waals surface area (Å²) in [7, 11) is -4.00. The fraction of sp³-hybridized carbons (Fsp3) is 0.222. The molecule has 0 saturated carbocycles. The van der Waals surface area contributed by atoms with Crippen molar-refractivity contribution in [2.24, 2.45) is 0 Å². The van der Waals surface area contributed by atoms with Gasteiger partial charge in [-0.25, -0.2) is 13.2 Å². The van der Waals surface area contributed by atoms with Gasteiger partial charge in [-0.2, -0.15) is 5.10 Å². The maximum absolute atomic E-state index is 13.2. The molecule has 0 unspecified atom stereocenters. The molecular formula is C27H25N3O5S. The lowest BCUT2D eigenvalue weighted by atomic mass is 9.92. The molecule has 0 amide bonds. The summed E-state index contributed by atoms with van der Waals surface area (Å²) >= 11 is 0. The number of ether oxygens (including phenoxy) is 1. The Labute approximate surface area is 208 Å². The summed E-state index contributed by atoms with van der Waals surface area (Å²) in [6, 6.07) is 17.3. The van der Waals surface area contributed by atoms with Crippen molar-refractivity contribution in [3.05, 3.63) is 99.0 Å². The van der Waals surface area contributed by atoms with Crippen molar-refractivity contribution >= 4 is 15.8 Å². The third kappa shape index (κ3) is 4.15. The lowest BCUT2D eigenvalue weighted by Gasteiger charge is -2.19. The van der Waals surface area contributed by atoms with E-state index in [-0.39, 0.29) is 22.1 Å². The van der Waals surface area contributed by atoms with Crippen LogP contribution in [0.1, 0.15) is 39.7 Å². The number of nitrogens with one attached hydrogen (secondary N) is 1. The molecule has 5 rings (SSSR count). The minimum atomic E-state index is -4.00. The molecule has 4 aromatic rings. The van der Waals surface area contributed by atoms with Crippen LogP contribution in [0.4, 0.5) is 0 Å². The summed E-state index contributed by atoms with van der Waals surface area (Å²) in [4.78, 5) is 28.4. The van der Waals surface area contributed by atoms with Crippen molar-refractivity contribution in [1.82, 2.24) is 14.8 Å². The first kappa shape index (κ1) is 23.7. The van der Waals surface area contributed by atoms with E-state index in [4.69, 9.17) is 4.74 Å². The highest BCUT2D eigenvalue weighted by molar-refractivity contribution is 7.91. The van der Waals surface area contributed by atoms with Gasteiger partial charge in [0.15, 0.2) is 5.69 Å². The molecule has 0 fully saturated rings. The fourth-order valence-electron chi connectivity index (χ4n) is 4.62. The van der Waals surface area contributed by atoms with Gasteiger partial charge in [0.25, 0.3) is 5.56 Å². The van der Waals surface area contributed by atoms with E-state index >= 15 is 0 Å². The topological polar surface area (TPSA) is 111 Å². The van der Waals surface area contributed by atoms with Crippen LogP contribution in [-0.2, 0) is 34.0 Å². The second-order valence-electron chi connectivity index (χ2n) is 8.72. The number of rotatable bonds is 6. The van der Waals surface area contributed by atoms with E-state index in [1.807, 2.05) is 31.2 Å². The molecule has 0 atom stereocenters.